The summed E-state index contributed by atoms with van der Waals surface area (Å²) in [6.07, 6.45) is 1.72. The number of carboxylic acid groups (broad SMARTS) is 1. The third-order valence-corrected chi connectivity index (χ3v) is 2.63. The van der Waals surface area contributed by atoms with Gasteiger partial charge in [-0.25, -0.2) is 4.98 Å². The SMILES string of the molecule is Cc1cn(CC(=O)O)c(COCc2ccccc2)n1. The number of benzene rings is 1. The predicted molar refractivity (Wildman–Crippen MR) is 69.5 cm³/mol. The lowest BCUT2D eigenvalue weighted by molar-refractivity contribution is -0.137. The normalized spacial score (nSPS) is 10.6. The zero-order valence-corrected chi connectivity index (χ0v) is 10.7. The summed E-state index contributed by atoms with van der Waals surface area (Å²) >= 11 is 0. The van der Waals surface area contributed by atoms with Gasteiger partial charge in [-0.15, -0.1) is 0 Å². The van der Waals surface area contributed by atoms with Crippen LogP contribution in [-0.2, 0) is 29.3 Å². The van der Waals surface area contributed by atoms with E-state index in [9.17, 15) is 4.79 Å². The zero-order chi connectivity index (χ0) is 13.7. The van der Waals surface area contributed by atoms with E-state index in [1.165, 1.54) is 0 Å². The lowest BCUT2D eigenvalue weighted by atomic mass is 10.2. The van der Waals surface area contributed by atoms with Gasteiger partial charge in [0.25, 0.3) is 0 Å². The van der Waals surface area contributed by atoms with Crippen molar-refractivity contribution in [2.75, 3.05) is 0 Å². The Hall–Kier alpha value is -2.14. The Morgan fingerprint density at radius 2 is 2.05 bits per heavy atom. The van der Waals surface area contributed by atoms with E-state index in [1.807, 2.05) is 37.3 Å². The van der Waals surface area contributed by atoms with Crippen molar-refractivity contribution < 1.29 is 14.6 Å². The van der Waals surface area contributed by atoms with Crippen molar-refractivity contribution in [3.63, 3.8) is 0 Å². The smallest absolute Gasteiger partial charge is 0.323 e. The molecule has 2 rings (SSSR count). The maximum Gasteiger partial charge on any atom is 0.323 e. The molecular weight excluding hydrogens is 244 g/mol. The minimum absolute atomic E-state index is 0.0924. The summed E-state index contributed by atoms with van der Waals surface area (Å²) in [5.74, 6) is -0.252. The molecule has 1 aromatic heterocycles. The lowest BCUT2D eigenvalue weighted by Crippen LogP contribution is -2.12. The Bertz CT molecular complexity index is 549. The molecule has 0 saturated carbocycles. The maximum absolute atomic E-state index is 10.7. The summed E-state index contributed by atoms with van der Waals surface area (Å²) in [7, 11) is 0. The largest absolute Gasteiger partial charge is 0.480 e. The molecule has 0 spiro atoms. The van der Waals surface area contributed by atoms with Gasteiger partial charge in [-0.2, -0.15) is 0 Å². The Kier molecular flexibility index (Phi) is 4.30. The summed E-state index contributed by atoms with van der Waals surface area (Å²) < 4.78 is 7.16. The van der Waals surface area contributed by atoms with Crippen LogP contribution in [0.5, 0.6) is 0 Å². The number of carbonyl (C=O) groups is 1. The highest BCUT2D eigenvalue weighted by Crippen LogP contribution is 2.07. The van der Waals surface area contributed by atoms with Crippen molar-refractivity contribution in [2.24, 2.45) is 0 Å². The molecule has 0 atom stereocenters. The second kappa shape index (κ2) is 6.15. The van der Waals surface area contributed by atoms with Gasteiger partial charge in [0.05, 0.1) is 12.3 Å². The number of aryl methyl sites for hydroxylation is 1. The van der Waals surface area contributed by atoms with E-state index in [2.05, 4.69) is 4.98 Å². The van der Waals surface area contributed by atoms with Crippen LogP contribution in [0.1, 0.15) is 17.1 Å². The Morgan fingerprint density at radius 3 is 2.74 bits per heavy atom. The van der Waals surface area contributed by atoms with Crippen LogP contribution < -0.4 is 0 Å². The third kappa shape index (κ3) is 3.93. The average molecular weight is 260 g/mol. The van der Waals surface area contributed by atoms with Gasteiger partial charge in [-0.1, -0.05) is 30.3 Å². The Morgan fingerprint density at radius 1 is 1.32 bits per heavy atom. The summed E-state index contributed by atoms with van der Waals surface area (Å²) in [5.41, 5.74) is 1.87. The summed E-state index contributed by atoms with van der Waals surface area (Å²) in [6, 6.07) is 9.82. The monoisotopic (exact) mass is 260 g/mol. The van der Waals surface area contributed by atoms with E-state index in [0.717, 1.165) is 11.3 Å². The van der Waals surface area contributed by atoms with Gasteiger partial charge in [-0.05, 0) is 12.5 Å². The zero-order valence-electron chi connectivity index (χ0n) is 10.7. The maximum atomic E-state index is 10.7. The van der Waals surface area contributed by atoms with Gasteiger partial charge in [0, 0.05) is 6.20 Å². The lowest BCUT2D eigenvalue weighted by Gasteiger charge is -2.06. The highest BCUT2D eigenvalue weighted by molar-refractivity contribution is 5.66. The van der Waals surface area contributed by atoms with E-state index >= 15 is 0 Å². The number of carboxylic acids is 1. The van der Waals surface area contributed by atoms with E-state index in [4.69, 9.17) is 9.84 Å². The first kappa shape index (κ1) is 13.3. The van der Waals surface area contributed by atoms with Crippen LogP contribution in [0.2, 0.25) is 0 Å². The number of rotatable bonds is 6. The molecule has 19 heavy (non-hydrogen) atoms. The molecule has 0 radical (unpaired) electrons. The highest BCUT2D eigenvalue weighted by Gasteiger charge is 2.08. The molecule has 2 aromatic rings. The van der Waals surface area contributed by atoms with E-state index in [-0.39, 0.29) is 6.54 Å². The van der Waals surface area contributed by atoms with E-state index in [1.54, 1.807) is 10.8 Å². The molecule has 0 aliphatic carbocycles. The molecule has 0 amide bonds. The summed E-state index contributed by atoms with van der Waals surface area (Å²) in [6.45, 7) is 2.53. The number of ether oxygens (including phenoxy) is 1. The van der Waals surface area contributed by atoms with Crippen LogP contribution in [0.3, 0.4) is 0 Å². The third-order valence-electron chi connectivity index (χ3n) is 2.63. The Balaban J connectivity index is 1.94. The molecule has 0 bridgehead atoms. The van der Waals surface area contributed by atoms with Crippen LogP contribution >= 0.6 is 0 Å². The highest BCUT2D eigenvalue weighted by atomic mass is 16.5. The van der Waals surface area contributed by atoms with E-state index < -0.39 is 5.97 Å². The number of imidazole rings is 1. The van der Waals surface area contributed by atoms with Crippen LogP contribution in [-0.4, -0.2) is 20.6 Å². The molecule has 5 nitrogen and oxygen atoms in total. The van der Waals surface area contributed by atoms with Gasteiger partial charge in [-0.3, -0.25) is 4.79 Å². The second-order valence-electron chi connectivity index (χ2n) is 4.30. The first-order valence-corrected chi connectivity index (χ1v) is 6.01. The number of aromatic nitrogens is 2. The van der Waals surface area contributed by atoms with Crippen molar-refractivity contribution in [1.29, 1.82) is 0 Å². The molecule has 0 aliphatic rings. The molecule has 0 aliphatic heterocycles. The minimum atomic E-state index is -0.887. The van der Waals surface area contributed by atoms with E-state index in [0.29, 0.717) is 19.0 Å². The van der Waals surface area contributed by atoms with Crippen molar-refractivity contribution >= 4 is 5.97 Å². The van der Waals surface area contributed by atoms with Gasteiger partial charge < -0.3 is 14.4 Å². The number of hydrogen-bond donors (Lipinski definition) is 1. The number of aliphatic carboxylic acids is 1. The average Bonchev–Trinajstić information content (AvgIpc) is 2.70. The van der Waals surface area contributed by atoms with Gasteiger partial charge in [0.2, 0.25) is 0 Å². The van der Waals surface area contributed by atoms with Crippen LogP contribution in [0.4, 0.5) is 0 Å². The molecule has 1 N–H and O–H groups in total. The predicted octanol–water partition coefficient (Wildman–Crippen LogP) is 1.99. The molecule has 100 valence electrons. The number of nitrogens with zero attached hydrogens (tertiary/aromatic N) is 2. The van der Waals surface area contributed by atoms with Gasteiger partial charge >= 0.3 is 5.97 Å². The van der Waals surface area contributed by atoms with Crippen molar-refractivity contribution in [3.8, 4) is 0 Å². The molecular formula is C14H16N2O3. The summed E-state index contributed by atoms with van der Waals surface area (Å²) in [5, 5.41) is 8.81. The molecule has 1 aromatic carbocycles. The summed E-state index contributed by atoms with van der Waals surface area (Å²) in [4.78, 5) is 15.0. The van der Waals surface area contributed by atoms with Crippen molar-refractivity contribution in [2.45, 2.75) is 26.7 Å². The molecule has 5 heteroatoms. The van der Waals surface area contributed by atoms with Gasteiger partial charge in [0.15, 0.2) is 0 Å². The van der Waals surface area contributed by atoms with Gasteiger partial charge in [0.1, 0.15) is 19.0 Å². The number of hydrogen-bond acceptors (Lipinski definition) is 3. The van der Waals surface area contributed by atoms with Crippen molar-refractivity contribution in [1.82, 2.24) is 9.55 Å². The van der Waals surface area contributed by atoms with Crippen LogP contribution in [0, 0.1) is 6.92 Å². The molecule has 1 heterocycles. The fraction of sp³-hybridized carbons (Fsp3) is 0.286. The topological polar surface area (TPSA) is 64.4 Å². The first-order valence-electron chi connectivity index (χ1n) is 6.01. The van der Waals surface area contributed by atoms with Crippen LogP contribution in [0.25, 0.3) is 0 Å². The second-order valence-corrected chi connectivity index (χ2v) is 4.30. The Labute approximate surface area is 111 Å². The molecule has 0 saturated heterocycles. The van der Waals surface area contributed by atoms with Crippen molar-refractivity contribution in [3.05, 3.63) is 53.6 Å². The standard InChI is InChI=1S/C14H16N2O3/c1-11-7-16(8-14(17)18)13(15-11)10-19-9-12-5-3-2-4-6-12/h2-7H,8-10H2,1H3,(H,17,18). The molecule has 0 unspecified atom stereocenters. The quantitative estimate of drug-likeness (QED) is 0.862. The molecule has 0 fully saturated rings. The fourth-order valence-electron chi connectivity index (χ4n) is 1.83. The fourth-order valence-corrected chi connectivity index (χ4v) is 1.83. The minimum Gasteiger partial charge on any atom is -0.480 e. The van der Waals surface area contributed by atoms with Crippen LogP contribution in [0.15, 0.2) is 36.5 Å². The first-order chi connectivity index (χ1) is 9.15.